The van der Waals surface area contributed by atoms with Gasteiger partial charge in [-0.15, -0.1) is 11.3 Å². The van der Waals surface area contributed by atoms with E-state index in [0.29, 0.717) is 12.6 Å². The van der Waals surface area contributed by atoms with Crippen molar-refractivity contribution in [3.63, 3.8) is 0 Å². The third kappa shape index (κ3) is 5.55. The van der Waals surface area contributed by atoms with E-state index in [-0.39, 0.29) is 0 Å². The summed E-state index contributed by atoms with van der Waals surface area (Å²) in [5.74, 6) is 0.810. The minimum atomic E-state index is 0.482. The Hall–Kier alpha value is -2.38. The van der Waals surface area contributed by atoms with Gasteiger partial charge in [0.15, 0.2) is 10.9 Å². The van der Waals surface area contributed by atoms with Gasteiger partial charge in [-0.3, -0.25) is 14.3 Å². The Morgan fingerprint density at radius 3 is 2.85 bits per heavy atom. The highest BCUT2D eigenvalue weighted by Gasteiger charge is 2.10. The van der Waals surface area contributed by atoms with E-state index in [1.54, 1.807) is 18.4 Å². The number of hydrogen-bond donors (Lipinski definition) is 2. The van der Waals surface area contributed by atoms with Gasteiger partial charge in [-0.05, 0) is 26.0 Å². The van der Waals surface area contributed by atoms with Crippen LogP contribution in [0.25, 0.3) is 4.96 Å². The summed E-state index contributed by atoms with van der Waals surface area (Å²) in [5.41, 5.74) is 2.36. The van der Waals surface area contributed by atoms with Crippen LogP contribution in [0.5, 0.6) is 0 Å². The number of aliphatic imine (C=N–C) groups is 1. The highest BCUT2D eigenvalue weighted by Crippen LogP contribution is 2.11. The van der Waals surface area contributed by atoms with Gasteiger partial charge in [0, 0.05) is 44.0 Å². The maximum Gasteiger partial charge on any atom is 0.193 e. The number of nitrogens with zero attached hydrogens (tertiary/aromatic N) is 4. The number of rotatable bonds is 8. The average molecular weight is 385 g/mol. The fraction of sp³-hybridized carbons (Fsp3) is 0.400. The first-order valence-electron chi connectivity index (χ1n) is 9.25. The zero-order valence-electron chi connectivity index (χ0n) is 16.2. The smallest absolute Gasteiger partial charge is 0.193 e. The van der Waals surface area contributed by atoms with Crippen molar-refractivity contribution in [3.8, 4) is 0 Å². The van der Waals surface area contributed by atoms with Gasteiger partial charge in [0.1, 0.15) is 0 Å². The summed E-state index contributed by atoms with van der Waals surface area (Å²) in [4.78, 5) is 12.3. The lowest BCUT2D eigenvalue weighted by atomic mass is 10.1. The molecule has 1 unspecified atom stereocenters. The average Bonchev–Trinajstić information content (AvgIpc) is 3.26. The Labute approximate surface area is 165 Å². The third-order valence-electron chi connectivity index (χ3n) is 4.69. The maximum atomic E-state index is 4.58. The molecule has 2 N–H and O–H groups in total. The molecule has 0 aliphatic heterocycles. The van der Waals surface area contributed by atoms with Gasteiger partial charge in [0.2, 0.25) is 0 Å². The van der Waals surface area contributed by atoms with Crippen LogP contribution in [-0.4, -0.2) is 46.9 Å². The summed E-state index contributed by atoms with van der Waals surface area (Å²) in [6.07, 6.45) is 5.12. The molecule has 0 aliphatic rings. The number of guanidine groups is 1. The summed E-state index contributed by atoms with van der Waals surface area (Å²) < 4.78 is 2.04. The van der Waals surface area contributed by atoms with Crippen LogP contribution in [0.4, 0.5) is 0 Å². The minimum Gasteiger partial charge on any atom is -0.356 e. The molecular formula is C20H28N6S. The summed E-state index contributed by atoms with van der Waals surface area (Å²) >= 11 is 1.64. The van der Waals surface area contributed by atoms with Crippen molar-refractivity contribution < 1.29 is 0 Å². The van der Waals surface area contributed by atoms with Crippen molar-refractivity contribution >= 4 is 22.3 Å². The van der Waals surface area contributed by atoms with E-state index in [2.05, 4.69) is 69.8 Å². The van der Waals surface area contributed by atoms with Crippen LogP contribution >= 0.6 is 11.3 Å². The van der Waals surface area contributed by atoms with Crippen LogP contribution in [0.2, 0.25) is 0 Å². The molecule has 0 saturated carbocycles. The molecule has 0 spiro atoms. The first kappa shape index (κ1) is 19.4. The number of benzene rings is 1. The lowest BCUT2D eigenvalue weighted by Crippen LogP contribution is -2.39. The Balaban J connectivity index is 1.39. The van der Waals surface area contributed by atoms with Crippen LogP contribution in [0.3, 0.4) is 0 Å². The predicted molar refractivity (Wildman–Crippen MR) is 113 cm³/mol. The lowest BCUT2D eigenvalue weighted by Gasteiger charge is -2.25. The zero-order valence-corrected chi connectivity index (χ0v) is 17.0. The molecule has 3 rings (SSSR count). The molecule has 0 amide bonds. The summed E-state index contributed by atoms with van der Waals surface area (Å²) in [5, 5.41) is 8.77. The van der Waals surface area contributed by atoms with E-state index in [1.807, 2.05) is 22.2 Å². The monoisotopic (exact) mass is 384 g/mol. The van der Waals surface area contributed by atoms with Gasteiger partial charge in [0.25, 0.3) is 0 Å². The van der Waals surface area contributed by atoms with E-state index >= 15 is 0 Å². The fourth-order valence-corrected chi connectivity index (χ4v) is 3.62. The molecule has 2 aromatic heterocycles. The molecule has 0 aliphatic carbocycles. The Morgan fingerprint density at radius 2 is 2.11 bits per heavy atom. The van der Waals surface area contributed by atoms with Gasteiger partial charge in [-0.1, -0.05) is 30.3 Å². The Bertz CT molecular complexity index is 825. The highest BCUT2D eigenvalue weighted by molar-refractivity contribution is 7.15. The number of imidazole rings is 1. The SMILES string of the molecule is CN=C(NCCC(C)N(C)Cc1ccccc1)NCc1cn2ccsc2n1. The maximum absolute atomic E-state index is 4.58. The van der Waals surface area contributed by atoms with E-state index in [4.69, 9.17) is 0 Å². The summed E-state index contributed by atoms with van der Waals surface area (Å²) in [6.45, 7) is 4.76. The molecule has 0 bridgehead atoms. The van der Waals surface area contributed by atoms with Crippen molar-refractivity contribution in [1.29, 1.82) is 0 Å². The molecule has 1 atom stereocenters. The van der Waals surface area contributed by atoms with Crippen molar-refractivity contribution in [2.24, 2.45) is 4.99 Å². The quantitative estimate of drug-likeness (QED) is 0.463. The molecular weight excluding hydrogens is 356 g/mol. The topological polar surface area (TPSA) is 57.0 Å². The van der Waals surface area contributed by atoms with Crippen LogP contribution < -0.4 is 10.6 Å². The minimum absolute atomic E-state index is 0.482. The number of aromatic nitrogens is 2. The van der Waals surface area contributed by atoms with Gasteiger partial charge >= 0.3 is 0 Å². The molecule has 6 nitrogen and oxygen atoms in total. The van der Waals surface area contributed by atoms with Crippen LogP contribution in [0.15, 0.2) is 53.1 Å². The second-order valence-corrected chi connectivity index (χ2v) is 7.59. The molecule has 2 heterocycles. The number of hydrogen-bond acceptors (Lipinski definition) is 4. The van der Waals surface area contributed by atoms with Crippen LogP contribution in [0.1, 0.15) is 24.6 Å². The number of nitrogens with one attached hydrogen (secondary N) is 2. The molecule has 0 fully saturated rings. The molecule has 0 saturated heterocycles. The van der Waals surface area contributed by atoms with Crippen LogP contribution in [0, 0.1) is 0 Å². The van der Waals surface area contributed by atoms with E-state index in [0.717, 1.165) is 36.1 Å². The van der Waals surface area contributed by atoms with Crippen LogP contribution in [-0.2, 0) is 13.1 Å². The van der Waals surface area contributed by atoms with Crippen molar-refractivity contribution in [1.82, 2.24) is 24.9 Å². The third-order valence-corrected chi connectivity index (χ3v) is 5.46. The van der Waals surface area contributed by atoms with Gasteiger partial charge in [-0.25, -0.2) is 4.98 Å². The summed E-state index contributed by atoms with van der Waals surface area (Å²) in [6, 6.07) is 11.1. The second-order valence-electron chi connectivity index (χ2n) is 6.72. The Kier molecular flexibility index (Phi) is 6.84. The molecule has 0 radical (unpaired) electrons. The first-order valence-corrected chi connectivity index (χ1v) is 10.1. The molecule has 27 heavy (non-hydrogen) atoms. The van der Waals surface area contributed by atoms with E-state index in [9.17, 15) is 0 Å². The van der Waals surface area contributed by atoms with E-state index in [1.165, 1.54) is 5.56 Å². The van der Waals surface area contributed by atoms with Gasteiger partial charge in [0.05, 0.1) is 12.2 Å². The zero-order chi connectivity index (χ0) is 19.1. The highest BCUT2D eigenvalue weighted by atomic mass is 32.1. The van der Waals surface area contributed by atoms with Gasteiger partial charge in [-0.2, -0.15) is 0 Å². The number of thiazole rings is 1. The molecule has 7 heteroatoms. The largest absolute Gasteiger partial charge is 0.356 e. The van der Waals surface area contributed by atoms with Gasteiger partial charge < -0.3 is 10.6 Å². The van der Waals surface area contributed by atoms with Crippen molar-refractivity contribution in [3.05, 3.63) is 59.4 Å². The second kappa shape index (κ2) is 9.53. The molecule has 1 aromatic carbocycles. The van der Waals surface area contributed by atoms with E-state index < -0.39 is 0 Å². The fourth-order valence-electron chi connectivity index (χ4n) is 2.90. The summed E-state index contributed by atoms with van der Waals surface area (Å²) in [7, 11) is 3.97. The standard InChI is InChI=1S/C20H28N6S/c1-16(25(3)14-17-7-5-4-6-8-17)9-10-22-19(21-2)23-13-18-15-26-11-12-27-20(26)24-18/h4-8,11-12,15-16H,9-10,13-14H2,1-3H3,(H2,21,22,23). The molecule has 3 aromatic rings. The lowest BCUT2D eigenvalue weighted by molar-refractivity contribution is 0.238. The predicted octanol–water partition coefficient (Wildman–Crippen LogP) is 2.97. The Morgan fingerprint density at radius 1 is 1.30 bits per heavy atom. The first-order chi connectivity index (χ1) is 13.2. The molecule has 144 valence electrons. The van der Waals surface area contributed by atoms with Crippen molar-refractivity contribution in [2.45, 2.75) is 32.5 Å². The van der Waals surface area contributed by atoms with Crippen molar-refractivity contribution in [2.75, 3.05) is 20.6 Å². The number of fused-ring (bicyclic) bond motifs is 1. The normalized spacial score (nSPS) is 13.3.